The predicted octanol–water partition coefficient (Wildman–Crippen LogP) is 4.08. The Balaban J connectivity index is 1.39. The molecule has 1 fully saturated rings. The number of sulfonamides is 1. The highest BCUT2D eigenvalue weighted by Crippen LogP contribution is 2.37. The molecule has 0 aliphatic heterocycles. The van der Waals surface area contributed by atoms with Crippen molar-refractivity contribution in [2.75, 3.05) is 0 Å². The maximum atomic E-state index is 12.8. The number of hydrogen-bond donors (Lipinski definition) is 1. The summed E-state index contributed by atoms with van der Waals surface area (Å²) in [4.78, 5) is 4.68. The van der Waals surface area contributed by atoms with Crippen LogP contribution in [-0.2, 0) is 16.6 Å². The SMILES string of the molecule is CC(C)(C)Cn1cc(S(=O)(=O)N[C@H]2CC[C@H](c3coc4cccnc43)CC2)cn1. The van der Waals surface area contributed by atoms with Crippen LogP contribution in [0.15, 0.2) is 46.3 Å². The highest BCUT2D eigenvalue weighted by molar-refractivity contribution is 7.89. The molecule has 0 amide bonds. The summed E-state index contributed by atoms with van der Waals surface area (Å²) < 4.78 is 35.7. The highest BCUT2D eigenvalue weighted by atomic mass is 32.2. The van der Waals surface area contributed by atoms with E-state index in [1.54, 1.807) is 23.3 Å². The van der Waals surface area contributed by atoms with Gasteiger partial charge in [0, 0.05) is 30.5 Å². The highest BCUT2D eigenvalue weighted by Gasteiger charge is 2.29. The van der Waals surface area contributed by atoms with Crippen molar-refractivity contribution in [3.05, 3.63) is 42.5 Å². The van der Waals surface area contributed by atoms with Crippen molar-refractivity contribution < 1.29 is 12.8 Å². The van der Waals surface area contributed by atoms with Crippen LogP contribution in [-0.4, -0.2) is 29.2 Å². The number of furan rings is 1. The minimum atomic E-state index is -3.56. The largest absolute Gasteiger partial charge is 0.462 e. The molecule has 0 spiro atoms. The average Bonchev–Trinajstić information content (AvgIpc) is 3.28. The Morgan fingerprint density at radius 3 is 2.72 bits per heavy atom. The van der Waals surface area contributed by atoms with Crippen LogP contribution in [0.5, 0.6) is 0 Å². The van der Waals surface area contributed by atoms with Crippen molar-refractivity contribution in [3.8, 4) is 0 Å². The predicted molar refractivity (Wildman–Crippen MR) is 111 cm³/mol. The number of pyridine rings is 1. The Labute approximate surface area is 171 Å². The maximum absolute atomic E-state index is 12.8. The van der Waals surface area contributed by atoms with Crippen LogP contribution >= 0.6 is 0 Å². The Morgan fingerprint density at radius 1 is 1.24 bits per heavy atom. The summed E-state index contributed by atoms with van der Waals surface area (Å²) in [6.45, 7) is 6.95. The third-order valence-electron chi connectivity index (χ3n) is 5.40. The molecule has 0 radical (unpaired) electrons. The molecule has 0 atom stereocenters. The summed E-state index contributed by atoms with van der Waals surface area (Å²) in [5.74, 6) is 0.349. The van der Waals surface area contributed by atoms with Gasteiger partial charge in [0.15, 0.2) is 5.58 Å². The minimum Gasteiger partial charge on any atom is -0.462 e. The van der Waals surface area contributed by atoms with Crippen molar-refractivity contribution in [3.63, 3.8) is 0 Å². The van der Waals surface area contributed by atoms with Crippen molar-refractivity contribution in [1.29, 1.82) is 0 Å². The van der Waals surface area contributed by atoms with Gasteiger partial charge in [-0.15, -0.1) is 0 Å². The van der Waals surface area contributed by atoms with Crippen LogP contribution in [0.1, 0.15) is 57.9 Å². The van der Waals surface area contributed by atoms with Gasteiger partial charge in [-0.2, -0.15) is 5.10 Å². The zero-order valence-electron chi connectivity index (χ0n) is 17.1. The van der Waals surface area contributed by atoms with E-state index in [0.29, 0.717) is 12.5 Å². The molecule has 29 heavy (non-hydrogen) atoms. The van der Waals surface area contributed by atoms with Crippen LogP contribution in [0.2, 0.25) is 0 Å². The Hall–Kier alpha value is -2.19. The first kappa shape index (κ1) is 20.1. The smallest absolute Gasteiger partial charge is 0.243 e. The van der Waals surface area contributed by atoms with Crippen LogP contribution < -0.4 is 4.72 Å². The molecule has 0 aromatic carbocycles. The fourth-order valence-corrected chi connectivity index (χ4v) is 5.30. The van der Waals surface area contributed by atoms with Gasteiger partial charge in [0.05, 0.1) is 12.5 Å². The van der Waals surface area contributed by atoms with E-state index in [1.165, 1.54) is 6.20 Å². The molecule has 156 valence electrons. The van der Waals surface area contributed by atoms with Crippen molar-refractivity contribution in [1.82, 2.24) is 19.5 Å². The first-order valence-electron chi connectivity index (χ1n) is 10.1. The molecule has 0 bridgehead atoms. The molecule has 3 aromatic heterocycles. The van der Waals surface area contributed by atoms with E-state index in [-0.39, 0.29) is 16.4 Å². The molecule has 1 saturated carbocycles. The second kappa shape index (κ2) is 7.57. The summed E-state index contributed by atoms with van der Waals surface area (Å²) in [6, 6.07) is 3.73. The molecular formula is C21H28N4O3S. The van der Waals surface area contributed by atoms with Gasteiger partial charge in [0.2, 0.25) is 10.0 Å². The molecule has 3 aromatic rings. The van der Waals surface area contributed by atoms with Gasteiger partial charge in [-0.05, 0) is 49.1 Å². The average molecular weight is 417 g/mol. The maximum Gasteiger partial charge on any atom is 0.243 e. The monoisotopic (exact) mass is 416 g/mol. The molecule has 0 saturated heterocycles. The van der Waals surface area contributed by atoms with Crippen molar-refractivity contribution in [2.24, 2.45) is 5.41 Å². The molecule has 7 nitrogen and oxygen atoms in total. The van der Waals surface area contributed by atoms with Gasteiger partial charge in [0.25, 0.3) is 0 Å². The third-order valence-corrected chi connectivity index (χ3v) is 6.88. The van der Waals surface area contributed by atoms with E-state index < -0.39 is 10.0 Å². The van der Waals surface area contributed by atoms with Gasteiger partial charge in [-0.1, -0.05) is 20.8 Å². The second-order valence-corrected chi connectivity index (χ2v) is 10.9. The summed E-state index contributed by atoms with van der Waals surface area (Å²) in [5.41, 5.74) is 2.89. The van der Waals surface area contributed by atoms with E-state index in [4.69, 9.17) is 4.42 Å². The van der Waals surface area contributed by atoms with E-state index in [1.807, 2.05) is 12.1 Å². The third kappa shape index (κ3) is 4.53. The quantitative estimate of drug-likeness (QED) is 0.677. The molecule has 1 aliphatic carbocycles. The first-order chi connectivity index (χ1) is 13.7. The fraction of sp³-hybridized carbons (Fsp3) is 0.524. The topological polar surface area (TPSA) is 90.0 Å². The van der Waals surface area contributed by atoms with Gasteiger partial charge in [-0.3, -0.25) is 9.67 Å². The number of fused-ring (bicyclic) bond motifs is 1. The lowest BCUT2D eigenvalue weighted by atomic mass is 9.82. The van der Waals surface area contributed by atoms with Gasteiger partial charge >= 0.3 is 0 Å². The lowest BCUT2D eigenvalue weighted by Gasteiger charge is -2.28. The minimum absolute atomic E-state index is 0.0327. The molecule has 8 heteroatoms. The van der Waals surface area contributed by atoms with Crippen LogP contribution in [0.4, 0.5) is 0 Å². The van der Waals surface area contributed by atoms with E-state index in [9.17, 15) is 8.42 Å². The van der Waals surface area contributed by atoms with Crippen molar-refractivity contribution in [2.45, 2.75) is 69.9 Å². The molecule has 1 aliphatic rings. The molecule has 1 N–H and O–H groups in total. The number of nitrogens with zero attached hydrogens (tertiary/aromatic N) is 3. The van der Waals surface area contributed by atoms with Crippen LogP contribution in [0.25, 0.3) is 11.1 Å². The summed E-state index contributed by atoms with van der Waals surface area (Å²) in [7, 11) is -3.56. The molecule has 3 heterocycles. The van der Waals surface area contributed by atoms with Gasteiger partial charge < -0.3 is 4.42 Å². The summed E-state index contributed by atoms with van der Waals surface area (Å²) in [5, 5.41) is 4.22. The fourth-order valence-electron chi connectivity index (χ4n) is 4.04. The standard InChI is InChI=1S/C21H28N4O3S/c1-21(2,3)14-25-12-17(11-23-25)29(26,27)24-16-8-6-15(7-9-16)18-13-28-19-5-4-10-22-20(18)19/h4-5,10-13,15-16,24H,6-9,14H2,1-3H3/t15-,16-. The lowest BCUT2D eigenvalue weighted by Crippen LogP contribution is -2.37. The Morgan fingerprint density at radius 2 is 2.00 bits per heavy atom. The van der Waals surface area contributed by atoms with E-state index in [0.717, 1.165) is 42.3 Å². The number of nitrogens with one attached hydrogen (secondary N) is 1. The number of aromatic nitrogens is 3. The normalized spacial score (nSPS) is 20.9. The van der Waals surface area contributed by atoms with Crippen molar-refractivity contribution >= 4 is 21.1 Å². The van der Waals surface area contributed by atoms with Gasteiger partial charge in [-0.25, -0.2) is 13.1 Å². The first-order valence-corrected chi connectivity index (χ1v) is 11.6. The number of hydrogen-bond acceptors (Lipinski definition) is 5. The van der Waals surface area contributed by atoms with E-state index >= 15 is 0 Å². The zero-order valence-corrected chi connectivity index (χ0v) is 17.9. The van der Waals surface area contributed by atoms with Gasteiger partial charge in [0.1, 0.15) is 10.4 Å². The van der Waals surface area contributed by atoms with Crippen LogP contribution in [0, 0.1) is 5.41 Å². The summed E-state index contributed by atoms with van der Waals surface area (Å²) in [6.07, 6.45) is 10.0. The number of rotatable bonds is 5. The molecular weight excluding hydrogens is 388 g/mol. The lowest BCUT2D eigenvalue weighted by molar-refractivity contribution is 0.325. The van der Waals surface area contributed by atoms with E-state index in [2.05, 4.69) is 35.6 Å². The second-order valence-electron chi connectivity index (χ2n) is 9.15. The molecule has 0 unspecified atom stereocenters. The zero-order chi connectivity index (χ0) is 20.6. The van der Waals surface area contributed by atoms with Crippen LogP contribution in [0.3, 0.4) is 0 Å². The summed E-state index contributed by atoms with van der Waals surface area (Å²) >= 11 is 0. The Kier molecular flexibility index (Phi) is 5.25. The Bertz CT molecular complexity index is 1090. The molecule has 4 rings (SSSR count).